The van der Waals surface area contributed by atoms with Crippen molar-refractivity contribution in [3.63, 3.8) is 0 Å². The first-order chi connectivity index (χ1) is 9.25. The van der Waals surface area contributed by atoms with Gasteiger partial charge in [0, 0.05) is 6.54 Å². The third-order valence-corrected chi connectivity index (χ3v) is 5.60. The SMILES string of the molecule is CC1CCCCC1OCC(O)CNCC1CCSC1. The Hall–Kier alpha value is 0.230. The summed E-state index contributed by atoms with van der Waals surface area (Å²) >= 11 is 2.04. The lowest BCUT2D eigenvalue weighted by molar-refractivity contribution is -0.0452. The molecule has 1 saturated carbocycles. The van der Waals surface area contributed by atoms with E-state index >= 15 is 0 Å². The standard InChI is InChI=1S/C15H29NO2S/c1-12-4-2-3-5-15(12)18-10-14(17)9-16-8-13-6-7-19-11-13/h12-17H,2-11H2,1H3. The highest BCUT2D eigenvalue weighted by Crippen LogP contribution is 2.26. The van der Waals surface area contributed by atoms with Crippen LogP contribution in [-0.2, 0) is 4.74 Å². The molecule has 1 heterocycles. The maximum Gasteiger partial charge on any atom is 0.0897 e. The zero-order valence-electron chi connectivity index (χ0n) is 12.1. The predicted molar refractivity (Wildman–Crippen MR) is 81.7 cm³/mol. The second-order valence-electron chi connectivity index (χ2n) is 6.18. The fraction of sp³-hybridized carbons (Fsp3) is 1.00. The molecule has 0 bridgehead atoms. The monoisotopic (exact) mass is 287 g/mol. The lowest BCUT2D eigenvalue weighted by Crippen LogP contribution is -2.36. The van der Waals surface area contributed by atoms with Gasteiger partial charge in [-0.15, -0.1) is 0 Å². The van der Waals surface area contributed by atoms with Gasteiger partial charge >= 0.3 is 0 Å². The van der Waals surface area contributed by atoms with Gasteiger partial charge in [0.1, 0.15) is 0 Å². The zero-order chi connectivity index (χ0) is 13.5. The van der Waals surface area contributed by atoms with Crippen LogP contribution in [0.5, 0.6) is 0 Å². The van der Waals surface area contributed by atoms with E-state index in [9.17, 15) is 5.11 Å². The van der Waals surface area contributed by atoms with E-state index in [1.165, 1.54) is 43.6 Å². The minimum Gasteiger partial charge on any atom is -0.389 e. The van der Waals surface area contributed by atoms with Crippen molar-refractivity contribution in [3.05, 3.63) is 0 Å². The minimum absolute atomic E-state index is 0.358. The number of aliphatic hydroxyl groups is 1. The first kappa shape index (κ1) is 15.6. The molecule has 0 aromatic carbocycles. The molecular formula is C15H29NO2S. The van der Waals surface area contributed by atoms with Gasteiger partial charge in [0.05, 0.1) is 18.8 Å². The Labute approximate surface area is 121 Å². The van der Waals surface area contributed by atoms with Crippen molar-refractivity contribution in [1.29, 1.82) is 0 Å². The normalized spacial score (nSPS) is 33.5. The van der Waals surface area contributed by atoms with Gasteiger partial charge in [-0.3, -0.25) is 0 Å². The summed E-state index contributed by atoms with van der Waals surface area (Å²) in [6, 6.07) is 0. The average molecular weight is 287 g/mol. The van der Waals surface area contributed by atoms with Crippen molar-refractivity contribution in [2.45, 2.75) is 51.2 Å². The molecule has 2 aliphatic rings. The summed E-state index contributed by atoms with van der Waals surface area (Å²) in [7, 11) is 0. The first-order valence-corrected chi connectivity index (χ1v) is 8.99. The molecule has 112 valence electrons. The van der Waals surface area contributed by atoms with Crippen molar-refractivity contribution in [3.8, 4) is 0 Å². The van der Waals surface area contributed by atoms with Crippen LogP contribution in [-0.4, -0.2) is 48.5 Å². The second kappa shape index (κ2) is 8.50. The van der Waals surface area contributed by atoms with Gasteiger partial charge in [0.25, 0.3) is 0 Å². The predicted octanol–water partition coefficient (Wildman–Crippen LogP) is 2.29. The van der Waals surface area contributed by atoms with Crippen LogP contribution in [0.2, 0.25) is 0 Å². The number of nitrogens with one attached hydrogen (secondary N) is 1. The number of hydrogen-bond acceptors (Lipinski definition) is 4. The molecular weight excluding hydrogens is 258 g/mol. The minimum atomic E-state index is -0.358. The third kappa shape index (κ3) is 5.62. The molecule has 3 nitrogen and oxygen atoms in total. The van der Waals surface area contributed by atoms with Gasteiger partial charge in [-0.1, -0.05) is 19.8 Å². The number of thioether (sulfide) groups is 1. The quantitative estimate of drug-likeness (QED) is 0.754. The van der Waals surface area contributed by atoms with E-state index in [1.54, 1.807) is 0 Å². The summed E-state index contributed by atoms with van der Waals surface area (Å²) in [6.45, 7) is 4.47. The number of ether oxygens (including phenoxy) is 1. The molecule has 0 amide bonds. The fourth-order valence-corrected chi connectivity index (χ4v) is 4.31. The van der Waals surface area contributed by atoms with E-state index in [0.29, 0.717) is 25.2 Å². The van der Waals surface area contributed by atoms with Gasteiger partial charge in [-0.05, 0) is 49.1 Å². The number of hydrogen-bond donors (Lipinski definition) is 2. The smallest absolute Gasteiger partial charge is 0.0897 e. The van der Waals surface area contributed by atoms with E-state index in [1.807, 2.05) is 11.8 Å². The number of aliphatic hydroxyl groups excluding tert-OH is 1. The molecule has 4 heteroatoms. The number of rotatable bonds is 7. The molecule has 1 saturated heterocycles. The largest absolute Gasteiger partial charge is 0.389 e. The highest BCUT2D eigenvalue weighted by molar-refractivity contribution is 7.99. The summed E-state index contributed by atoms with van der Waals surface area (Å²) in [5, 5.41) is 13.3. The Bertz CT molecular complexity index is 246. The lowest BCUT2D eigenvalue weighted by Gasteiger charge is -2.29. The van der Waals surface area contributed by atoms with Crippen LogP contribution in [0.1, 0.15) is 39.0 Å². The van der Waals surface area contributed by atoms with Gasteiger partial charge < -0.3 is 15.2 Å². The van der Waals surface area contributed by atoms with Crippen LogP contribution >= 0.6 is 11.8 Å². The summed E-state index contributed by atoms with van der Waals surface area (Å²) in [5.41, 5.74) is 0. The summed E-state index contributed by atoms with van der Waals surface area (Å²) in [5.74, 6) is 4.04. The maximum absolute atomic E-state index is 9.95. The van der Waals surface area contributed by atoms with Crippen molar-refractivity contribution in [1.82, 2.24) is 5.32 Å². The van der Waals surface area contributed by atoms with Crippen LogP contribution in [0.25, 0.3) is 0 Å². The summed E-state index contributed by atoms with van der Waals surface area (Å²) < 4.78 is 5.89. The highest BCUT2D eigenvalue weighted by atomic mass is 32.2. The van der Waals surface area contributed by atoms with Crippen molar-refractivity contribution < 1.29 is 9.84 Å². The van der Waals surface area contributed by atoms with Gasteiger partial charge in [-0.25, -0.2) is 0 Å². The molecule has 0 spiro atoms. The van der Waals surface area contributed by atoms with Crippen molar-refractivity contribution in [2.24, 2.45) is 11.8 Å². The molecule has 0 aromatic heterocycles. The Morgan fingerprint density at radius 3 is 2.89 bits per heavy atom. The Kier molecular flexibility index (Phi) is 6.99. The van der Waals surface area contributed by atoms with Crippen LogP contribution in [0, 0.1) is 11.8 Å². The molecule has 19 heavy (non-hydrogen) atoms. The summed E-state index contributed by atoms with van der Waals surface area (Å²) in [6.07, 6.45) is 6.40. The van der Waals surface area contributed by atoms with E-state index in [-0.39, 0.29) is 6.10 Å². The highest BCUT2D eigenvalue weighted by Gasteiger charge is 2.22. The molecule has 0 aromatic rings. The maximum atomic E-state index is 9.95. The lowest BCUT2D eigenvalue weighted by atomic mass is 9.88. The van der Waals surface area contributed by atoms with Crippen LogP contribution < -0.4 is 5.32 Å². The Morgan fingerprint density at radius 1 is 1.32 bits per heavy atom. The van der Waals surface area contributed by atoms with E-state index < -0.39 is 0 Å². The zero-order valence-corrected chi connectivity index (χ0v) is 13.0. The van der Waals surface area contributed by atoms with Gasteiger partial charge in [0.2, 0.25) is 0 Å². The van der Waals surface area contributed by atoms with Gasteiger partial charge in [0.15, 0.2) is 0 Å². The Morgan fingerprint density at radius 2 is 2.16 bits per heavy atom. The Balaban J connectivity index is 1.52. The van der Waals surface area contributed by atoms with E-state index in [0.717, 1.165) is 12.5 Å². The van der Waals surface area contributed by atoms with Crippen LogP contribution in [0.3, 0.4) is 0 Å². The molecule has 1 aliphatic heterocycles. The molecule has 4 atom stereocenters. The fourth-order valence-electron chi connectivity index (χ4n) is 3.02. The molecule has 2 rings (SSSR count). The third-order valence-electron chi connectivity index (χ3n) is 4.37. The van der Waals surface area contributed by atoms with Crippen LogP contribution in [0.4, 0.5) is 0 Å². The molecule has 1 aliphatic carbocycles. The molecule has 2 N–H and O–H groups in total. The molecule has 2 fully saturated rings. The average Bonchev–Trinajstić information content (AvgIpc) is 2.91. The van der Waals surface area contributed by atoms with Gasteiger partial charge in [-0.2, -0.15) is 11.8 Å². The molecule has 0 radical (unpaired) electrons. The first-order valence-electron chi connectivity index (χ1n) is 7.84. The van der Waals surface area contributed by atoms with E-state index in [2.05, 4.69) is 12.2 Å². The van der Waals surface area contributed by atoms with Crippen molar-refractivity contribution in [2.75, 3.05) is 31.2 Å². The van der Waals surface area contributed by atoms with Crippen LogP contribution in [0.15, 0.2) is 0 Å². The summed E-state index contributed by atoms with van der Waals surface area (Å²) in [4.78, 5) is 0. The topological polar surface area (TPSA) is 41.5 Å². The van der Waals surface area contributed by atoms with E-state index in [4.69, 9.17) is 4.74 Å². The van der Waals surface area contributed by atoms with Crippen molar-refractivity contribution >= 4 is 11.8 Å². The molecule has 4 unspecified atom stereocenters. The second-order valence-corrected chi connectivity index (χ2v) is 7.33.